The molecule has 1 amide bonds. The predicted molar refractivity (Wildman–Crippen MR) is 43.5 cm³/mol. The molecule has 0 saturated carbocycles. The number of rotatable bonds is 3. The van der Waals surface area contributed by atoms with Crippen molar-refractivity contribution >= 4 is 11.7 Å². The van der Waals surface area contributed by atoms with E-state index in [0.29, 0.717) is 0 Å². The molecule has 3 nitrogen and oxygen atoms in total. The molecule has 0 aromatic rings. The van der Waals surface area contributed by atoms with Gasteiger partial charge in [-0.15, -0.1) is 0 Å². The number of hydrogen-bond donors (Lipinski definition) is 1. The van der Waals surface area contributed by atoms with Crippen molar-refractivity contribution in [3.8, 4) is 0 Å². The maximum atomic E-state index is 12.0. The number of carbonyl (C=O) groups is 2. The van der Waals surface area contributed by atoms with E-state index in [2.05, 4.69) is 0 Å². The zero-order valence-corrected chi connectivity index (χ0v) is 8.11. The smallest absolute Gasteiger partial charge is 0.346 e. The largest absolute Gasteiger partial charge is 0.400 e. The number of nitrogens with one attached hydrogen (secondary N) is 1. The van der Waals surface area contributed by atoms with E-state index in [1.54, 1.807) is 0 Å². The highest BCUT2D eigenvalue weighted by Gasteiger charge is 2.41. The molecule has 0 heterocycles. The molecule has 0 aliphatic rings. The van der Waals surface area contributed by atoms with Gasteiger partial charge in [0.15, 0.2) is 5.78 Å². The first-order valence-corrected chi connectivity index (χ1v) is 4.03. The summed E-state index contributed by atoms with van der Waals surface area (Å²) in [7, 11) is 0. The van der Waals surface area contributed by atoms with Gasteiger partial charge in [-0.3, -0.25) is 9.59 Å². The van der Waals surface area contributed by atoms with E-state index in [9.17, 15) is 22.8 Å². The van der Waals surface area contributed by atoms with Crippen LogP contribution in [0.25, 0.3) is 0 Å². The number of amides is 1. The van der Waals surface area contributed by atoms with Crippen LogP contribution in [-0.4, -0.2) is 23.9 Å². The van der Waals surface area contributed by atoms with Gasteiger partial charge < -0.3 is 5.32 Å². The lowest BCUT2D eigenvalue weighted by Crippen LogP contribution is -2.44. The van der Waals surface area contributed by atoms with Gasteiger partial charge >= 0.3 is 6.18 Å². The van der Waals surface area contributed by atoms with Gasteiger partial charge in [0.25, 0.3) is 0 Å². The lowest BCUT2D eigenvalue weighted by atomic mass is 10.1. The van der Waals surface area contributed by atoms with E-state index < -0.39 is 24.0 Å². The van der Waals surface area contributed by atoms with Gasteiger partial charge in [-0.05, 0) is 20.8 Å². The molecule has 0 aliphatic heterocycles. The first kappa shape index (κ1) is 12.9. The second-order valence-corrected chi connectivity index (χ2v) is 3.10. The standard InChI is InChI=1S/C8H12F3NO2/c1-4(8(9,10)11)7(14)12-5(2)6(3)13/h4-5H,1-3H3,(H,12,14). The van der Waals surface area contributed by atoms with E-state index in [4.69, 9.17) is 0 Å². The van der Waals surface area contributed by atoms with Crippen LogP contribution >= 0.6 is 0 Å². The minimum absolute atomic E-state index is 0.382. The van der Waals surface area contributed by atoms with Crippen molar-refractivity contribution in [3.63, 3.8) is 0 Å². The molecule has 1 N–H and O–H groups in total. The van der Waals surface area contributed by atoms with Crippen LogP contribution in [0.15, 0.2) is 0 Å². The van der Waals surface area contributed by atoms with Gasteiger partial charge in [0.1, 0.15) is 5.92 Å². The Kier molecular flexibility index (Phi) is 4.09. The lowest BCUT2D eigenvalue weighted by Gasteiger charge is -2.17. The van der Waals surface area contributed by atoms with Crippen LogP contribution < -0.4 is 5.32 Å². The third-order valence-electron chi connectivity index (χ3n) is 1.85. The Labute approximate surface area is 79.7 Å². The summed E-state index contributed by atoms with van der Waals surface area (Å²) in [5.74, 6) is -3.66. The minimum atomic E-state index is -4.57. The fourth-order valence-corrected chi connectivity index (χ4v) is 0.589. The Balaban J connectivity index is 4.29. The van der Waals surface area contributed by atoms with Gasteiger partial charge in [0.2, 0.25) is 5.91 Å². The molecule has 0 spiro atoms. The molecule has 0 saturated heterocycles. The fraction of sp³-hybridized carbons (Fsp3) is 0.750. The SMILES string of the molecule is CC(=O)C(C)NC(=O)C(C)C(F)(F)F. The van der Waals surface area contributed by atoms with Gasteiger partial charge in [-0.1, -0.05) is 0 Å². The fourth-order valence-electron chi connectivity index (χ4n) is 0.589. The highest BCUT2D eigenvalue weighted by Crippen LogP contribution is 2.25. The monoisotopic (exact) mass is 211 g/mol. The second kappa shape index (κ2) is 4.43. The highest BCUT2D eigenvalue weighted by molar-refractivity contribution is 5.88. The maximum absolute atomic E-state index is 12.0. The molecular weight excluding hydrogens is 199 g/mol. The van der Waals surface area contributed by atoms with Crippen molar-refractivity contribution < 1.29 is 22.8 Å². The summed E-state index contributed by atoms with van der Waals surface area (Å²) in [5.41, 5.74) is 0. The van der Waals surface area contributed by atoms with Crippen LogP contribution in [0.4, 0.5) is 13.2 Å². The molecule has 0 aromatic carbocycles. The molecule has 14 heavy (non-hydrogen) atoms. The molecule has 82 valence electrons. The summed E-state index contributed by atoms with van der Waals surface area (Å²) in [6.07, 6.45) is -4.57. The summed E-state index contributed by atoms with van der Waals surface area (Å²) >= 11 is 0. The Hall–Kier alpha value is -1.07. The van der Waals surface area contributed by atoms with E-state index in [1.165, 1.54) is 13.8 Å². The van der Waals surface area contributed by atoms with Crippen LogP contribution in [-0.2, 0) is 9.59 Å². The van der Waals surface area contributed by atoms with Gasteiger partial charge in [0, 0.05) is 0 Å². The topological polar surface area (TPSA) is 46.2 Å². The van der Waals surface area contributed by atoms with Crippen molar-refractivity contribution in [1.82, 2.24) is 5.32 Å². The zero-order valence-electron chi connectivity index (χ0n) is 8.11. The molecule has 0 aliphatic carbocycles. The Morgan fingerprint density at radius 1 is 1.21 bits per heavy atom. The second-order valence-electron chi connectivity index (χ2n) is 3.10. The average Bonchev–Trinajstić information content (AvgIpc) is 2.00. The Morgan fingerprint density at radius 2 is 1.64 bits per heavy atom. The number of ketones is 1. The number of Topliss-reactive ketones (excluding diaryl/α,β-unsaturated/α-hetero) is 1. The van der Waals surface area contributed by atoms with Crippen molar-refractivity contribution in [1.29, 1.82) is 0 Å². The lowest BCUT2D eigenvalue weighted by molar-refractivity contribution is -0.179. The van der Waals surface area contributed by atoms with Crippen LogP contribution in [0, 0.1) is 5.92 Å². The van der Waals surface area contributed by atoms with Crippen LogP contribution in [0.5, 0.6) is 0 Å². The molecule has 0 bridgehead atoms. The molecule has 0 aromatic heterocycles. The highest BCUT2D eigenvalue weighted by atomic mass is 19.4. The van der Waals surface area contributed by atoms with Crippen molar-refractivity contribution in [3.05, 3.63) is 0 Å². The van der Waals surface area contributed by atoms with E-state index in [-0.39, 0.29) is 5.78 Å². The van der Waals surface area contributed by atoms with Gasteiger partial charge in [-0.25, -0.2) is 0 Å². The summed E-state index contributed by atoms with van der Waals surface area (Å²) < 4.78 is 36.0. The quantitative estimate of drug-likeness (QED) is 0.764. The predicted octanol–water partition coefficient (Wildman–Crippen LogP) is 1.28. The molecule has 0 fully saturated rings. The Bertz CT molecular complexity index is 237. The summed E-state index contributed by atoms with van der Waals surface area (Å²) in [6.45, 7) is 3.29. The van der Waals surface area contributed by atoms with Crippen LogP contribution in [0.1, 0.15) is 20.8 Å². The molecule has 2 atom stereocenters. The van der Waals surface area contributed by atoms with E-state index in [0.717, 1.165) is 6.92 Å². The van der Waals surface area contributed by atoms with Crippen molar-refractivity contribution in [2.45, 2.75) is 33.0 Å². The number of carbonyl (C=O) groups excluding carboxylic acids is 2. The van der Waals surface area contributed by atoms with Gasteiger partial charge in [-0.2, -0.15) is 13.2 Å². The third-order valence-corrected chi connectivity index (χ3v) is 1.85. The van der Waals surface area contributed by atoms with Crippen LogP contribution in [0.3, 0.4) is 0 Å². The average molecular weight is 211 g/mol. The first-order valence-electron chi connectivity index (χ1n) is 4.03. The number of hydrogen-bond acceptors (Lipinski definition) is 2. The summed E-state index contributed by atoms with van der Waals surface area (Å²) in [5, 5.41) is 1.98. The van der Waals surface area contributed by atoms with Gasteiger partial charge in [0.05, 0.1) is 6.04 Å². The third kappa shape index (κ3) is 3.76. The molecule has 0 radical (unpaired) electrons. The number of alkyl halides is 3. The molecular formula is C8H12F3NO2. The normalized spacial score (nSPS) is 15.9. The van der Waals surface area contributed by atoms with E-state index in [1.807, 2.05) is 5.32 Å². The van der Waals surface area contributed by atoms with Crippen molar-refractivity contribution in [2.75, 3.05) is 0 Å². The molecule has 0 rings (SSSR count). The summed E-state index contributed by atoms with van der Waals surface area (Å²) in [4.78, 5) is 21.6. The Morgan fingerprint density at radius 3 is 1.93 bits per heavy atom. The summed E-state index contributed by atoms with van der Waals surface area (Å²) in [6, 6.07) is -0.882. The molecule has 2 unspecified atom stereocenters. The molecule has 6 heteroatoms. The maximum Gasteiger partial charge on any atom is 0.400 e. The van der Waals surface area contributed by atoms with E-state index >= 15 is 0 Å². The van der Waals surface area contributed by atoms with Crippen LogP contribution in [0.2, 0.25) is 0 Å². The number of halogens is 3. The van der Waals surface area contributed by atoms with Crippen molar-refractivity contribution in [2.24, 2.45) is 5.92 Å². The minimum Gasteiger partial charge on any atom is -0.346 e. The zero-order chi connectivity index (χ0) is 11.5. The first-order chi connectivity index (χ1) is 6.16.